The topological polar surface area (TPSA) is 86.8 Å². The van der Waals surface area contributed by atoms with Crippen molar-refractivity contribution in [3.63, 3.8) is 0 Å². The third-order valence-corrected chi connectivity index (χ3v) is 7.88. The largest absolute Gasteiger partial charge is 0.357 e. The molecule has 0 unspecified atom stereocenters. The first kappa shape index (κ1) is 27.2. The zero-order valence-corrected chi connectivity index (χ0v) is 21.9. The van der Waals surface area contributed by atoms with Crippen LogP contribution < -0.4 is 9.62 Å². The first-order valence-electron chi connectivity index (χ1n) is 11.7. The molecule has 0 radical (unpaired) electrons. The lowest BCUT2D eigenvalue weighted by atomic mass is 10.1. The van der Waals surface area contributed by atoms with E-state index >= 15 is 0 Å². The van der Waals surface area contributed by atoms with Crippen LogP contribution in [0.3, 0.4) is 0 Å². The van der Waals surface area contributed by atoms with Crippen LogP contribution in [0, 0.1) is 0 Å². The highest BCUT2D eigenvalue weighted by molar-refractivity contribution is 7.92. The molecule has 0 fully saturated rings. The van der Waals surface area contributed by atoms with E-state index < -0.39 is 28.5 Å². The number of rotatable bonds is 11. The molecule has 3 aromatic carbocycles. The fraction of sp³-hybridized carbons (Fsp3) is 0.259. The zero-order chi connectivity index (χ0) is 26.1. The van der Waals surface area contributed by atoms with Gasteiger partial charge in [-0.15, -0.1) is 0 Å². The Kier molecular flexibility index (Phi) is 9.50. The van der Waals surface area contributed by atoms with Crippen LogP contribution in [0.4, 0.5) is 5.69 Å². The Morgan fingerprint density at radius 1 is 0.917 bits per heavy atom. The fourth-order valence-electron chi connectivity index (χ4n) is 3.92. The Morgan fingerprint density at radius 3 is 2.06 bits per heavy atom. The normalized spacial score (nSPS) is 12.0. The van der Waals surface area contributed by atoms with Gasteiger partial charge >= 0.3 is 0 Å². The number of carbonyl (C=O) groups excluding carboxylic acids is 2. The lowest BCUT2D eigenvalue weighted by Crippen LogP contribution is -2.52. The molecule has 0 saturated carbocycles. The average molecular weight is 528 g/mol. The summed E-state index contributed by atoms with van der Waals surface area (Å²) in [6.07, 6.45) is 0.908. The number of benzene rings is 3. The summed E-state index contributed by atoms with van der Waals surface area (Å²) in [6.45, 7) is 1.62. The van der Waals surface area contributed by atoms with Crippen LogP contribution >= 0.6 is 11.6 Å². The maximum atomic E-state index is 13.7. The Bertz CT molecular complexity index is 1250. The van der Waals surface area contributed by atoms with Gasteiger partial charge in [-0.3, -0.25) is 13.9 Å². The molecular formula is C27H30ClN3O4S. The molecular weight excluding hydrogens is 498 g/mol. The number of amides is 2. The molecule has 0 aliphatic carbocycles. The van der Waals surface area contributed by atoms with E-state index in [2.05, 4.69) is 5.32 Å². The van der Waals surface area contributed by atoms with E-state index in [0.29, 0.717) is 23.6 Å². The lowest BCUT2D eigenvalue weighted by molar-refractivity contribution is -0.139. The Balaban J connectivity index is 1.97. The molecule has 190 valence electrons. The van der Waals surface area contributed by atoms with Gasteiger partial charge in [0.2, 0.25) is 11.8 Å². The van der Waals surface area contributed by atoms with Gasteiger partial charge in [-0.25, -0.2) is 8.42 Å². The summed E-state index contributed by atoms with van der Waals surface area (Å²) in [5.74, 6) is -0.770. The number of likely N-dealkylation sites (N-methyl/N-ethyl adjacent to an activating group) is 1. The summed E-state index contributed by atoms with van der Waals surface area (Å²) < 4.78 is 28.4. The van der Waals surface area contributed by atoms with Crippen molar-refractivity contribution in [2.24, 2.45) is 0 Å². The second-order valence-electron chi connectivity index (χ2n) is 8.16. The van der Waals surface area contributed by atoms with Gasteiger partial charge in [0.1, 0.15) is 12.6 Å². The number of para-hydroxylation sites is 1. The van der Waals surface area contributed by atoms with Crippen molar-refractivity contribution < 1.29 is 18.0 Å². The minimum atomic E-state index is -4.10. The van der Waals surface area contributed by atoms with E-state index in [1.165, 1.54) is 36.2 Å². The number of anilines is 1. The zero-order valence-electron chi connectivity index (χ0n) is 20.3. The molecule has 7 nitrogen and oxygen atoms in total. The molecule has 3 aromatic rings. The lowest BCUT2D eigenvalue weighted by Gasteiger charge is -2.33. The molecule has 0 saturated heterocycles. The minimum absolute atomic E-state index is 0.0118. The molecule has 0 spiro atoms. The number of sulfonamides is 1. The fourth-order valence-corrected chi connectivity index (χ4v) is 5.46. The first-order chi connectivity index (χ1) is 17.3. The van der Waals surface area contributed by atoms with Gasteiger partial charge in [0, 0.05) is 18.6 Å². The summed E-state index contributed by atoms with van der Waals surface area (Å²) >= 11 is 5.96. The van der Waals surface area contributed by atoms with Crippen molar-refractivity contribution in [2.75, 3.05) is 24.4 Å². The summed E-state index contributed by atoms with van der Waals surface area (Å²) in [4.78, 5) is 27.9. The Hall–Kier alpha value is -3.36. The number of hydrogen-bond acceptors (Lipinski definition) is 4. The smallest absolute Gasteiger partial charge is 0.264 e. The summed E-state index contributed by atoms with van der Waals surface area (Å²) in [7, 11) is -2.58. The van der Waals surface area contributed by atoms with E-state index in [9.17, 15) is 18.0 Å². The number of nitrogens with zero attached hydrogens (tertiary/aromatic N) is 2. The van der Waals surface area contributed by atoms with E-state index in [0.717, 1.165) is 9.87 Å². The van der Waals surface area contributed by atoms with Crippen LogP contribution in [0.2, 0.25) is 5.02 Å². The van der Waals surface area contributed by atoms with Gasteiger partial charge < -0.3 is 10.2 Å². The highest BCUT2D eigenvalue weighted by Gasteiger charge is 2.33. The van der Waals surface area contributed by atoms with E-state index in [1.54, 1.807) is 30.3 Å². The number of carbonyl (C=O) groups is 2. The Morgan fingerprint density at radius 2 is 1.50 bits per heavy atom. The number of halogens is 1. The van der Waals surface area contributed by atoms with Gasteiger partial charge in [0.05, 0.1) is 10.6 Å². The second-order valence-corrected chi connectivity index (χ2v) is 10.5. The highest BCUT2D eigenvalue weighted by atomic mass is 35.5. The molecule has 0 aromatic heterocycles. The molecule has 3 rings (SSSR count). The van der Waals surface area contributed by atoms with Crippen LogP contribution in [-0.2, 0) is 26.0 Å². The first-order valence-corrected chi connectivity index (χ1v) is 13.5. The van der Waals surface area contributed by atoms with Crippen LogP contribution in [0.5, 0.6) is 0 Å². The molecule has 0 aliphatic rings. The SMILES string of the molecule is CC[C@H](C(=O)NC)N(CCc1ccccc1)C(=O)CN(c1ccccc1)S(=O)(=O)c1ccc(Cl)cc1. The van der Waals surface area contributed by atoms with Gasteiger partial charge in [0.15, 0.2) is 0 Å². The van der Waals surface area contributed by atoms with E-state index in [1.807, 2.05) is 37.3 Å². The molecule has 1 N–H and O–H groups in total. The predicted molar refractivity (Wildman–Crippen MR) is 142 cm³/mol. The quantitative estimate of drug-likeness (QED) is 0.406. The van der Waals surface area contributed by atoms with Gasteiger partial charge in [-0.1, -0.05) is 67.1 Å². The van der Waals surface area contributed by atoms with Crippen LogP contribution in [0.15, 0.2) is 89.8 Å². The van der Waals surface area contributed by atoms with Crippen molar-refractivity contribution in [1.29, 1.82) is 0 Å². The van der Waals surface area contributed by atoms with Crippen molar-refractivity contribution in [2.45, 2.75) is 30.7 Å². The molecule has 2 amide bonds. The third kappa shape index (κ3) is 6.65. The Labute approximate surface area is 217 Å². The summed E-state index contributed by atoms with van der Waals surface area (Å²) in [6, 6.07) is 23.1. The van der Waals surface area contributed by atoms with Crippen molar-refractivity contribution in [1.82, 2.24) is 10.2 Å². The van der Waals surface area contributed by atoms with Crippen LogP contribution in [-0.4, -0.2) is 51.3 Å². The van der Waals surface area contributed by atoms with E-state index in [4.69, 9.17) is 11.6 Å². The molecule has 36 heavy (non-hydrogen) atoms. The molecule has 0 bridgehead atoms. The van der Waals surface area contributed by atoms with Crippen molar-refractivity contribution in [3.05, 3.63) is 95.5 Å². The molecule has 0 heterocycles. The maximum Gasteiger partial charge on any atom is 0.264 e. The molecule has 1 atom stereocenters. The van der Waals surface area contributed by atoms with Crippen molar-refractivity contribution >= 4 is 39.1 Å². The maximum absolute atomic E-state index is 13.7. The summed E-state index contributed by atoms with van der Waals surface area (Å²) in [5, 5.41) is 3.02. The summed E-state index contributed by atoms with van der Waals surface area (Å²) in [5.41, 5.74) is 1.35. The van der Waals surface area contributed by atoms with E-state index in [-0.39, 0.29) is 17.3 Å². The highest BCUT2D eigenvalue weighted by Crippen LogP contribution is 2.25. The third-order valence-electron chi connectivity index (χ3n) is 5.84. The van der Waals surface area contributed by atoms with Gasteiger partial charge in [-0.05, 0) is 54.8 Å². The predicted octanol–water partition coefficient (Wildman–Crippen LogP) is 4.13. The molecule has 0 aliphatic heterocycles. The van der Waals surface area contributed by atoms with Gasteiger partial charge in [-0.2, -0.15) is 0 Å². The number of nitrogens with one attached hydrogen (secondary N) is 1. The number of hydrogen-bond donors (Lipinski definition) is 1. The monoisotopic (exact) mass is 527 g/mol. The van der Waals surface area contributed by atoms with Crippen LogP contribution in [0.1, 0.15) is 18.9 Å². The van der Waals surface area contributed by atoms with Gasteiger partial charge in [0.25, 0.3) is 10.0 Å². The second kappa shape index (κ2) is 12.6. The standard InChI is InChI=1S/C27H30ClN3O4S/c1-3-25(27(33)29-2)30(19-18-21-10-6-4-7-11-21)26(32)20-31(23-12-8-5-9-13-23)36(34,35)24-16-14-22(28)15-17-24/h4-17,25H,3,18-20H2,1-2H3,(H,29,33)/t25-/m1/s1. The molecule has 9 heteroatoms. The van der Waals surface area contributed by atoms with Crippen molar-refractivity contribution in [3.8, 4) is 0 Å². The average Bonchev–Trinajstić information content (AvgIpc) is 2.90. The minimum Gasteiger partial charge on any atom is -0.357 e. The van der Waals surface area contributed by atoms with Crippen LogP contribution in [0.25, 0.3) is 0 Å².